The van der Waals surface area contributed by atoms with Crippen LogP contribution in [0.2, 0.25) is 0 Å². The van der Waals surface area contributed by atoms with E-state index in [4.69, 9.17) is 0 Å². The number of aromatic nitrogens is 1. The van der Waals surface area contributed by atoms with E-state index in [1.807, 2.05) is 41.8 Å². The topological polar surface area (TPSA) is 91.4 Å². The fraction of sp³-hybridized carbons (Fsp3) is 0.280. The highest BCUT2D eigenvalue weighted by Crippen LogP contribution is 2.39. The molecule has 0 radical (unpaired) electrons. The molecule has 1 aromatic heterocycles. The Morgan fingerprint density at radius 3 is 2.76 bits per heavy atom. The number of hydrogen-bond donors (Lipinski definition) is 2. The number of benzene rings is 2. The summed E-state index contributed by atoms with van der Waals surface area (Å²) in [7, 11) is 0. The highest BCUT2D eigenvalue weighted by Gasteiger charge is 2.54. The van der Waals surface area contributed by atoms with Gasteiger partial charge in [-0.3, -0.25) is 14.5 Å². The van der Waals surface area contributed by atoms with Crippen LogP contribution in [0.25, 0.3) is 11.3 Å². The average Bonchev–Trinajstić information content (AvgIpc) is 3.38. The minimum absolute atomic E-state index is 0.352. The molecule has 168 valence electrons. The lowest BCUT2D eigenvalue weighted by atomic mass is 9.76. The Morgan fingerprint density at radius 1 is 1.18 bits per heavy atom. The van der Waals surface area contributed by atoms with Crippen LogP contribution in [0.3, 0.4) is 0 Å². The highest BCUT2D eigenvalue weighted by atomic mass is 32.1. The fourth-order valence-electron chi connectivity index (χ4n) is 4.63. The number of aryl methyl sites for hydroxylation is 2. The quantitative estimate of drug-likeness (QED) is 0.561. The Hall–Kier alpha value is -3.52. The number of imide groups is 1. The Bertz CT molecular complexity index is 1240. The van der Waals surface area contributed by atoms with Crippen LogP contribution in [0.4, 0.5) is 9.93 Å². The van der Waals surface area contributed by atoms with Crippen molar-refractivity contribution in [1.29, 1.82) is 0 Å². The van der Waals surface area contributed by atoms with Crippen molar-refractivity contribution in [2.75, 3.05) is 11.9 Å². The van der Waals surface area contributed by atoms with Crippen LogP contribution in [0.15, 0.2) is 53.9 Å². The molecule has 2 N–H and O–H groups in total. The normalized spacial score (nSPS) is 19.5. The first-order chi connectivity index (χ1) is 16.0. The summed E-state index contributed by atoms with van der Waals surface area (Å²) in [5.74, 6) is -0.826. The molecular weight excluding hydrogens is 436 g/mol. The van der Waals surface area contributed by atoms with Gasteiger partial charge in [0.25, 0.3) is 5.91 Å². The first-order valence-electron chi connectivity index (χ1n) is 11.1. The van der Waals surface area contributed by atoms with E-state index < -0.39 is 17.5 Å². The van der Waals surface area contributed by atoms with Gasteiger partial charge in [-0.25, -0.2) is 9.78 Å². The van der Waals surface area contributed by atoms with Crippen molar-refractivity contribution in [3.05, 3.63) is 70.6 Å². The van der Waals surface area contributed by atoms with Crippen molar-refractivity contribution < 1.29 is 14.4 Å². The molecule has 1 spiro atoms. The molecule has 2 heterocycles. The molecular formula is C25H24N4O3S. The maximum absolute atomic E-state index is 13.3. The summed E-state index contributed by atoms with van der Waals surface area (Å²) in [6, 6.07) is 15.3. The van der Waals surface area contributed by atoms with Crippen molar-refractivity contribution in [2.45, 2.75) is 38.1 Å². The minimum atomic E-state index is -1.08. The maximum atomic E-state index is 13.3. The summed E-state index contributed by atoms with van der Waals surface area (Å²) in [4.78, 5) is 44.2. The molecule has 1 atom stereocenters. The van der Waals surface area contributed by atoms with Gasteiger partial charge in [-0.15, -0.1) is 11.3 Å². The first kappa shape index (κ1) is 21.3. The lowest BCUT2D eigenvalue weighted by molar-refractivity contribution is -0.134. The van der Waals surface area contributed by atoms with Gasteiger partial charge < -0.3 is 10.6 Å². The number of carbonyl (C=O) groups excluding carboxylic acids is 3. The number of fused-ring (bicyclic) bond motifs is 2. The molecule has 1 aliphatic heterocycles. The third kappa shape index (κ3) is 3.80. The van der Waals surface area contributed by atoms with E-state index in [0.717, 1.165) is 46.5 Å². The Balaban J connectivity index is 1.29. The molecule has 7 nitrogen and oxygen atoms in total. The van der Waals surface area contributed by atoms with Crippen molar-refractivity contribution in [1.82, 2.24) is 15.2 Å². The van der Waals surface area contributed by atoms with Gasteiger partial charge in [-0.2, -0.15) is 0 Å². The molecule has 1 aliphatic carbocycles. The number of anilines is 1. The van der Waals surface area contributed by atoms with E-state index >= 15 is 0 Å². The number of thiazole rings is 1. The van der Waals surface area contributed by atoms with Crippen LogP contribution in [0, 0.1) is 0 Å². The minimum Gasteiger partial charge on any atom is -0.319 e. The molecule has 1 saturated heterocycles. The largest absolute Gasteiger partial charge is 0.325 e. The Labute approximate surface area is 195 Å². The van der Waals surface area contributed by atoms with Crippen LogP contribution in [-0.4, -0.2) is 34.3 Å². The zero-order valence-corrected chi connectivity index (χ0v) is 19.1. The van der Waals surface area contributed by atoms with Gasteiger partial charge in [0.2, 0.25) is 5.91 Å². The smallest absolute Gasteiger partial charge is 0.319 e. The molecule has 1 fully saturated rings. The second-order valence-electron chi connectivity index (χ2n) is 8.37. The molecule has 2 aromatic carbocycles. The van der Waals surface area contributed by atoms with Gasteiger partial charge in [-0.1, -0.05) is 55.5 Å². The molecule has 0 bridgehead atoms. The molecule has 8 heteroatoms. The van der Waals surface area contributed by atoms with Crippen LogP contribution >= 0.6 is 11.3 Å². The van der Waals surface area contributed by atoms with Crippen molar-refractivity contribution >= 4 is 34.3 Å². The maximum Gasteiger partial charge on any atom is 0.325 e. The number of rotatable bonds is 5. The zero-order chi connectivity index (χ0) is 23.0. The van der Waals surface area contributed by atoms with E-state index in [0.29, 0.717) is 11.6 Å². The van der Waals surface area contributed by atoms with Crippen LogP contribution in [0.1, 0.15) is 36.5 Å². The van der Waals surface area contributed by atoms with Gasteiger partial charge in [-0.05, 0) is 42.4 Å². The summed E-state index contributed by atoms with van der Waals surface area (Å²) in [5, 5.41) is 7.90. The van der Waals surface area contributed by atoms with E-state index in [1.165, 1.54) is 16.9 Å². The van der Waals surface area contributed by atoms with Gasteiger partial charge in [0.05, 0.1) is 5.69 Å². The predicted molar refractivity (Wildman–Crippen MR) is 127 cm³/mol. The summed E-state index contributed by atoms with van der Waals surface area (Å²) >= 11 is 1.31. The molecule has 1 unspecified atom stereocenters. The second kappa shape index (κ2) is 8.44. The fourth-order valence-corrected chi connectivity index (χ4v) is 5.37. The van der Waals surface area contributed by atoms with Crippen molar-refractivity contribution in [3.63, 3.8) is 0 Å². The number of carbonyl (C=O) groups is 3. The van der Waals surface area contributed by atoms with Gasteiger partial charge in [0.1, 0.15) is 12.1 Å². The molecule has 5 rings (SSSR count). The zero-order valence-electron chi connectivity index (χ0n) is 18.3. The molecule has 33 heavy (non-hydrogen) atoms. The van der Waals surface area contributed by atoms with Gasteiger partial charge in [0.15, 0.2) is 5.13 Å². The van der Waals surface area contributed by atoms with E-state index in [9.17, 15) is 14.4 Å². The third-order valence-corrected chi connectivity index (χ3v) is 7.12. The summed E-state index contributed by atoms with van der Waals surface area (Å²) in [5.41, 5.74) is 3.80. The predicted octanol–water partition coefficient (Wildman–Crippen LogP) is 4.09. The Morgan fingerprint density at radius 2 is 1.97 bits per heavy atom. The van der Waals surface area contributed by atoms with Crippen LogP contribution in [0.5, 0.6) is 0 Å². The van der Waals surface area contributed by atoms with E-state index in [2.05, 4.69) is 34.7 Å². The standard InChI is InChI=1S/C25H24N4O3S/c1-2-16-9-11-18(12-10-16)20-15-33-23(26-20)27-21(30)14-29-22(31)25(28-24(29)32)13-5-7-17-6-3-4-8-19(17)25/h3-4,6,8-12,15H,2,5,7,13-14H2,1H3,(H,28,32)(H,26,27,30). The lowest BCUT2D eigenvalue weighted by Crippen LogP contribution is -2.47. The van der Waals surface area contributed by atoms with Gasteiger partial charge >= 0.3 is 6.03 Å². The van der Waals surface area contributed by atoms with Crippen LogP contribution < -0.4 is 10.6 Å². The Kier molecular flexibility index (Phi) is 5.46. The first-order valence-corrected chi connectivity index (χ1v) is 12.0. The molecule has 4 amide bonds. The summed E-state index contributed by atoms with van der Waals surface area (Å²) in [6.07, 6.45) is 3.16. The van der Waals surface area contributed by atoms with Crippen LogP contribution in [-0.2, 0) is 28.0 Å². The van der Waals surface area contributed by atoms with Gasteiger partial charge in [0, 0.05) is 10.9 Å². The average molecular weight is 461 g/mol. The second-order valence-corrected chi connectivity index (χ2v) is 9.23. The third-order valence-electron chi connectivity index (χ3n) is 6.36. The molecule has 3 aromatic rings. The SMILES string of the molecule is CCc1ccc(-c2csc(NC(=O)CN3C(=O)NC4(CCCc5ccccc54)C3=O)n2)cc1. The van der Waals surface area contributed by atoms with E-state index in [-0.39, 0.29) is 12.5 Å². The summed E-state index contributed by atoms with van der Waals surface area (Å²) < 4.78 is 0. The molecule has 2 aliphatic rings. The highest BCUT2D eigenvalue weighted by molar-refractivity contribution is 7.14. The van der Waals surface area contributed by atoms with Crippen molar-refractivity contribution in [2.24, 2.45) is 0 Å². The number of hydrogen-bond acceptors (Lipinski definition) is 5. The number of urea groups is 1. The van der Waals surface area contributed by atoms with Crippen molar-refractivity contribution in [3.8, 4) is 11.3 Å². The number of nitrogens with zero attached hydrogens (tertiary/aromatic N) is 2. The van der Waals surface area contributed by atoms with E-state index in [1.54, 1.807) is 0 Å². The summed E-state index contributed by atoms with van der Waals surface area (Å²) in [6.45, 7) is 1.75. The lowest BCUT2D eigenvalue weighted by Gasteiger charge is -2.33. The monoisotopic (exact) mass is 460 g/mol. The number of amides is 4. The molecule has 0 saturated carbocycles. The number of nitrogens with one attached hydrogen (secondary N) is 2.